The van der Waals surface area contributed by atoms with E-state index >= 15 is 0 Å². The molecule has 0 fully saturated rings. The maximum Gasteiger partial charge on any atom is 0.105 e. The van der Waals surface area contributed by atoms with Crippen LogP contribution in [0.4, 0.5) is 5.69 Å². The molecule has 0 spiro atoms. The molecule has 2 nitrogen and oxygen atoms in total. The van der Waals surface area contributed by atoms with Gasteiger partial charge in [0.2, 0.25) is 0 Å². The quantitative estimate of drug-likeness (QED) is 0.511. The highest BCUT2D eigenvalue weighted by Gasteiger charge is 2.17. The molecule has 2 N–H and O–H groups in total. The van der Waals surface area contributed by atoms with Crippen LogP contribution in [0.25, 0.3) is 0 Å². The van der Waals surface area contributed by atoms with Crippen molar-refractivity contribution in [2.45, 2.75) is 20.8 Å². The molecule has 0 atom stereocenters. The number of aliphatic imine (C=N–C) groups is 1. The molecule has 0 aliphatic heterocycles. The Morgan fingerprint density at radius 1 is 1.12 bits per heavy atom. The van der Waals surface area contributed by atoms with Crippen LogP contribution in [0.5, 0.6) is 0 Å². The predicted molar refractivity (Wildman–Crippen MR) is 80.3 cm³/mol. The monoisotopic (exact) mass is 410 g/mol. The van der Waals surface area contributed by atoms with Crippen molar-refractivity contribution < 1.29 is 0 Å². The summed E-state index contributed by atoms with van der Waals surface area (Å²) in [6.45, 7) is 6.10. The third-order valence-corrected chi connectivity index (χ3v) is 3.65. The summed E-state index contributed by atoms with van der Waals surface area (Å²) in [7, 11) is 0. The molecule has 0 saturated carbocycles. The fourth-order valence-corrected chi connectivity index (χ4v) is 3.37. The third-order valence-electron chi connectivity index (χ3n) is 1.98. The number of rotatable bonds is 1. The number of hydrogen-bond acceptors (Lipinski definition) is 1. The summed E-state index contributed by atoms with van der Waals surface area (Å²) in [5, 5.41) is 0. The maximum absolute atomic E-state index is 5.96. The van der Waals surface area contributed by atoms with Gasteiger partial charge in [-0.3, -0.25) is 0 Å². The molecule has 0 heterocycles. The van der Waals surface area contributed by atoms with Crippen molar-refractivity contribution >= 4 is 59.3 Å². The van der Waals surface area contributed by atoms with E-state index in [4.69, 9.17) is 5.73 Å². The summed E-state index contributed by atoms with van der Waals surface area (Å²) in [6.07, 6.45) is 0. The lowest BCUT2D eigenvalue weighted by molar-refractivity contribution is 0.585. The Labute approximate surface area is 121 Å². The van der Waals surface area contributed by atoms with E-state index in [1.54, 1.807) is 0 Å². The molecule has 1 rings (SSSR count). The smallest absolute Gasteiger partial charge is 0.105 e. The number of amidine groups is 1. The van der Waals surface area contributed by atoms with E-state index in [9.17, 15) is 0 Å². The molecule has 1 aromatic carbocycles. The average molecular weight is 413 g/mol. The SMILES string of the molecule is CC(C)(C)C(N)=Nc1c(Br)cc(Br)cc1Br. The standard InChI is InChI=1S/C11H13Br3N2/c1-11(2,3)10(15)16-9-7(13)4-6(12)5-8(9)14/h4-5H,1-3H3,(H2,15,16). The normalized spacial score (nSPS) is 13.0. The minimum absolute atomic E-state index is 0.133. The van der Waals surface area contributed by atoms with Crippen molar-refractivity contribution in [3.8, 4) is 0 Å². The number of benzene rings is 1. The average Bonchev–Trinajstić information content (AvgIpc) is 2.08. The van der Waals surface area contributed by atoms with Crippen LogP contribution in [0.2, 0.25) is 0 Å². The third kappa shape index (κ3) is 3.57. The van der Waals surface area contributed by atoms with Gasteiger partial charge in [-0.05, 0) is 44.0 Å². The molecule has 1 aromatic rings. The Morgan fingerprint density at radius 3 is 1.94 bits per heavy atom. The molecule has 0 radical (unpaired) electrons. The van der Waals surface area contributed by atoms with Gasteiger partial charge in [-0.25, -0.2) is 4.99 Å². The molecular weight excluding hydrogens is 400 g/mol. The second-order valence-electron chi connectivity index (χ2n) is 4.47. The molecule has 5 heteroatoms. The first-order valence-corrected chi connectivity index (χ1v) is 7.09. The van der Waals surface area contributed by atoms with Crippen molar-refractivity contribution in [2.24, 2.45) is 16.1 Å². The minimum Gasteiger partial charge on any atom is -0.387 e. The minimum atomic E-state index is -0.133. The van der Waals surface area contributed by atoms with Gasteiger partial charge in [0.1, 0.15) is 5.84 Å². The largest absolute Gasteiger partial charge is 0.387 e. The van der Waals surface area contributed by atoms with Crippen LogP contribution in [-0.4, -0.2) is 5.84 Å². The Morgan fingerprint density at radius 2 is 1.56 bits per heavy atom. The molecule has 0 amide bonds. The van der Waals surface area contributed by atoms with Crippen molar-refractivity contribution in [3.63, 3.8) is 0 Å². The topological polar surface area (TPSA) is 38.4 Å². The number of hydrogen-bond donors (Lipinski definition) is 1. The Bertz CT molecular complexity index is 410. The number of nitrogens with zero attached hydrogens (tertiary/aromatic N) is 1. The molecule has 0 aliphatic rings. The Kier molecular flexibility index (Phi) is 4.60. The summed E-state index contributed by atoms with van der Waals surface area (Å²) in [4.78, 5) is 4.45. The van der Waals surface area contributed by atoms with Gasteiger partial charge < -0.3 is 5.73 Å². The van der Waals surface area contributed by atoms with Gasteiger partial charge in [0.15, 0.2) is 0 Å². The van der Waals surface area contributed by atoms with E-state index in [-0.39, 0.29) is 5.41 Å². The van der Waals surface area contributed by atoms with E-state index in [0.29, 0.717) is 5.84 Å². The van der Waals surface area contributed by atoms with Gasteiger partial charge in [0.25, 0.3) is 0 Å². The maximum atomic E-state index is 5.96. The summed E-state index contributed by atoms with van der Waals surface area (Å²) in [5.41, 5.74) is 6.64. The van der Waals surface area contributed by atoms with E-state index in [1.165, 1.54) is 0 Å². The van der Waals surface area contributed by atoms with Gasteiger partial charge in [-0.2, -0.15) is 0 Å². The zero-order valence-electron chi connectivity index (χ0n) is 9.31. The van der Waals surface area contributed by atoms with Crippen LogP contribution >= 0.6 is 47.8 Å². The highest BCUT2D eigenvalue weighted by molar-refractivity contribution is 9.11. The van der Waals surface area contributed by atoms with Gasteiger partial charge in [-0.15, -0.1) is 0 Å². The molecule has 0 unspecified atom stereocenters. The number of nitrogens with two attached hydrogens (primary N) is 1. The van der Waals surface area contributed by atoms with Crippen LogP contribution < -0.4 is 5.73 Å². The van der Waals surface area contributed by atoms with Gasteiger partial charge in [0.05, 0.1) is 5.69 Å². The fraction of sp³-hybridized carbons (Fsp3) is 0.364. The molecular formula is C11H13Br3N2. The van der Waals surface area contributed by atoms with E-state index in [2.05, 4.69) is 52.8 Å². The van der Waals surface area contributed by atoms with Crippen molar-refractivity contribution in [1.29, 1.82) is 0 Å². The lowest BCUT2D eigenvalue weighted by atomic mass is 9.95. The van der Waals surface area contributed by atoms with Crippen molar-refractivity contribution in [1.82, 2.24) is 0 Å². The highest BCUT2D eigenvalue weighted by atomic mass is 79.9. The summed E-state index contributed by atoms with van der Waals surface area (Å²) >= 11 is 10.4. The zero-order chi connectivity index (χ0) is 12.5. The van der Waals surface area contributed by atoms with E-state index < -0.39 is 0 Å². The molecule has 0 bridgehead atoms. The van der Waals surface area contributed by atoms with Crippen LogP contribution in [-0.2, 0) is 0 Å². The Hall–Kier alpha value is 0.130. The molecule has 0 aromatic heterocycles. The van der Waals surface area contributed by atoms with Crippen LogP contribution in [0.15, 0.2) is 30.5 Å². The first-order valence-electron chi connectivity index (χ1n) is 4.71. The van der Waals surface area contributed by atoms with Crippen LogP contribution in [0, 0.1) is 5.41 Å². The van der Waals surface area contributed by atoms with Crippen LogP contribution in [0.3, 0.4) is 0 Å². The van der Waals surface area contributed by atoms with Crippen molar-refractivity contribution in [3.05, 3.63) is 25.6 Å². The lowest BCUT2D eigenvalue weighted by Gasteiger charge is -2.18. The van der Waals surface area contributed by atoms with E-state index in [0.717, 1.165) is 19.1 Å². The summed E-state index contributed by atoms with van der Waals surface area (Å²) in [6, 6.07) is 3.89. The summed E-state index contributed by atoms with van der Waals surface area (Å²) < 4.78 is 2.79. The first kappa shape index (κ1) is 14.2. The first-order chi connectivity index (χ1) is 7.21. The number of halogens is 3. The lowest BCUT2D eigenvalue weighted by Crippen LogP contribution is -2.28. The van der Waals surface area contributed by atoms with Crippen LogP contribution in [0.1, 0.15) is 20.8 Å². The zero-order valence-corrected chi connectivity index (χ0v) is 14.1. The second kappa shape index (κ2) is 5.19. The van der Waals surface area contributed by atoms with E-state index in [1.807, 2.05) is 32.9 Å². The second-order valence-corrected chi connectivity index (χ2v) is 7.09. The molecule has 0 aliphatic carbocycles. The molecule has 0 saturated heterocycles. The van der Waals surface area contributed by atoms with Gasteiger partial charge in [0, 0.05) is 18.8 Å². The summed E-state index contributed by atoms with van der Waals surface area (Å²) in [5.74, 6) is 0.608. The Balaban J connectivity index is 3.26. The predicted octanol–water partition coefficient (Wildman–Crippen LogP) is 5.01. The highest BCUT2D eigenvalue weighted by Crippen LogP contribution is 2.37. The fourth-order valence-electron chi connectivity index (χ4n) is 0.930. The van der Waals surface area contributed by atoms with Gasteiger partial charge in [-0.1, -0.05) is 36.7 Å². The molecule has 16 heavy (non-hydrogen) atoms. The van der Waals surface area contributed by atoms with Gasteiger partial charge >= 0.3 is 0 Å². The molecule has 88 valence electrons. The van der Waals surface area contributed by atoms with Crippen molar-refractivity contribution in [2.75, 3.05) is 0 Å².